The van der Waals surface area contributed by atoms with Gasteiger partial charge in [-0.2, -0.15) is 0 Å². The molecule has 1 heterocycles. The molecule has 4 nitrogen and oxygen atoms in total. The molecule has 1 spiro atoms. The number of carbonyl (C=O) groups excluding carboxylic acids is 1. The summed E-state index contributed by atoms with van der Waals surface area (Å²) in [6.45, 7) is 9.37. The maximum atomic E-state index is 12.1. The Labute approximate surface area is 143 Å². The zero-order valence-electron chi connectivity index (χ0n) is 14.8. The van der Waals surface area contributed by atoms with Crippen LogP contribution in [0, 0.1) is 0 Å². The van der Waals surface area contributed by atoms with E-state index in [-0.39, 0.29) is 5.97 Å². The van der Waals surface area contributed by atoms with Crippen LogP contribution in [0.1, 0.15) is 64.9 Å². The first-order valence-corrected chi connectivity index (χ1v) is 8.79. The first-order chi connectivity index (χ1) is 11.4. The molecule has 1 fully saturated rings. The van der Waals surface area contributed by atoms with Gasteiger partial charge in [0.05, 0.1) is 0 Å². The molecule has 1 saturated carbocycles. The van der Waals surface area contributed by atoms with Gasteiger partial charge in [-0.1, -0.05) is 26.0 Å². The first-order valence-electron chi connectivity index (χ1n) is 8.79. The van der Waals surface area contributed by atoms with Gasteiger partial charge in [0.1, 0.15) is 5.60 Å². The van der Waals surface area contributed by atoms with Crippen molar-refractivity contribution in [2.24, 2.45) is 0 Å². The van der Waals surface area contributed by atoms with Gasteiger partial charge in [0.2, 0.25) is 0 Å². The quantitative estimate of drug-likeness (QED) is 0.571. The zero-order valence-corrected chi connectivity index (χ0v) is 14.8. The highest BCUT2D eigenvalue weighted by Crippen LogP contribution is 2.48. The molecule has 2 aliphatic rings. The van der Waals surface area contributed by atoms with Crippen LogP contribution in [0.3, 0.4) is 0 Å². The Morgan fingerprint density at radius 1 is 1.29 bits per heavy atom. The van der Waals surface area contributed by atoms with E-state index in [4.69, 9.17) is 14.2 Å². The number of hydrogen-bond donors (Lipinski definition) is 0. The molecule has 1 aliphatic heterocycles. The Kier molecular flexibility index (Phi) is 4.33. The van der Waals surface area contributed by atoms with E-state index in [0.717, 1.165) is 55.6 Å². The maximum Gasteiger partial charge on any atom is 0.333 e. The minimum Gasteiger partial charge on any atom is -0.451 e. The van der Waals surface area contributed by atoms with Crippen molar-refractivity contribution < 1.29 is 19.0 Å². The largest absolute Gasteiger partial charge is 0.451 e. The van der Waals surface area contributed by atoms with E-state index in [9.17, 15) is 4.79 Å². The number of hydrogen-bond acceptors (Lipinski definition) is 4. The highest BCUT2D eigenvalue weighted by molar-refractivity contribution is 5.87. The topological polar surface area (TPSA) is 44.8 Å². The summed E-state index contributed by atoms with van der Waals surface area (Å²) in [5.41, 5.74) is 0.633. The number of ether oxygens (including phenoxy) is 3. The third-order valence-electron chi connectivity index (χ3n) is 4.91. The molecule has 0 saturated heterocycles. The molecule has 1 atom stereocenters. The van der Waals surface area contributed by atoms with Gasteiger partial charge in [0.25, 0.3) is 5.79 Å². The standard InChI is InChI=1S/C20H26O4/c1-5-10-19(4,24-18(21)14(2)3)15-8-9-16-17(13-15)23-20(22-16)11-6-7-12-20/h8-9,13H,2,5-7,10-12H2,1,3-4H3. The van der Waals surface area contributed by atoms with Crippen molar-refractivity contribution in [1.82, 2.24) is 0 Å². The molecular weight excluding hydrogens is 304 g/mol. The van der Waals surface area contributed by atoms with Crippen LogP contribution in [0.4, 0.5) is 0 Å². The molecule has 0 bridgehead atoms. The van der Waals surface area contributed by atoms with E-state index in [1.807, 2.05) is 25.1 Å². The van der Waals surface area contributed by atoms with Gasteiger partial charge in [-0.25, -0.2) is 4.79 Å². The number of benzene rings is 1. The SMILES string of the molecule is C=C(C)C(=O)OC(C)(CCC)c1ccc2c(c1)OC1(CCCC1)O2. The summed E-state index contributed by atoms with van der Waals surface area (Å²) in [5, 5.41) is 0. The van der Waals surface area contributed by atoms with Crippen LogP contribution < -0.4 is 9.47 Å². The number of fused-ring (bicyclic) bond motifs is 1. The zero-order chi connectivity index (χ0) is 17.4. The Morgan fingerprint density at radius 2 is 1.96 bits per heavy atom. The maximum absolute atomic E-state index is 12.1. The molecule has 1 aromatic carbocycles. The fraction of sp³-hybridized carbons (Fsp3) is 0.550. The molecule has 130 valence electrons. The van der Waals surface area contributed by atoms with Crippen molar-refractivity contribution in [1.29, 1.82) is 0 Å². The second-order valence-corrected chi connectivity index (χ2v) is 7.13. The van der Waals surface area contributed by atoms with E-state index >= 15 is 0 Å². The second-order valence-electron chi connectivity index (χ2n) is 7.13. The minimum absolute atomic E-state index is 0.365. The highest BCUT2D eigenvalue weighted by Gasteiger charge is 2.44. The molecule has 0 N–H and O–H groups in total. The lowest BCUT2D eigenvalue weighted by Gasteiger charge is -2.30. The fourth-order valence-electron chi connectivity index (χ4n) is 3.56. The summed E-state index contributed by atoms with van der Waals surface area (Å²) in [6, 6.07) is 5.86. The Hall–Kier alpha value is -1.97. The molecule has 3 rings (SSSR count). The van der Waals surface area contributed by atoms with Gasteiger partial charge in [0.15, 0.2) is 11.5 Å². The van der Waals surface area contributed by atoms with E-state index in [1.165, 1.54) is 0 Å². The molecule has 1 unspecified atom stereocenters. The summed E-state index contributed by atoms with van der Waals surface area (Å²) in [5.74, 6) is 0.695. The molecular formula is C20H26O4. The van der Waals surface area contributed by atoms with Gasteiger partial charge in [-0.3, -0.25) is 0 Å². The third kappa shape index (κ3) is 3.02. The summed E-state index contributed by atoms with van der Waals surface area (Å²) in [7, 11) is 0. The van der Waals surface area contributed by atoms with Crippen molar-refractivity contribution in [3.05, 3.63) is 35.9 Å². The van der Waals surface area contributed by atoms with Gasteiger partial charge < -0.3 is 14.2 Å². The van der Waals surface area contributed by atoms with Crippen LogP contribution in [-0.2, 0) is 15.1 Å². The van der Waals surface area contributed by atoms with Gasteiger partial charge in [0, 0.05) is 18.4 Å². The molecule has 0 radical (unpaired) electrons. The van der Waals surface area contributed by atoms with Crippen molar-refractivity contribution in [2.45, 2.75) is 70.7 Å². The van der Waals surface area contributed by atoms with Crippen LogP contribution in [0.2, 0.25) is 0 Å². The summed E-state index contributed by atoms with van der Waals surface area (Å²) in [6.07, 6.45) is 5.74. The predicted octanol–water partition coefficient (Wildman–Crippen LogP) is 4.86. The van der Waals surface area contributed by atoms with Crippen LogP contribution >= 0.6 is 0 Å². The summed E-state index contributed by atoms with van der Waals surface area (Å²) in [4.78, 5) is 12.1. The van der Waals surface area contributed by atoms with Crippen LogP contribution in [-0.4, -0.2) is 11.8 Å². The average molecular weight is 330 g/mol. The van der Waals surface area contributed by atoms with Gasteiger partial charge >= 0.3 is 5.97 Å². The Morgan fingerprint density at radius 3 is 2.58 bits per heavy atom. The number of rotatable bonds is 5. The lowest BCUT2D eigenvalue weighted by molar-refractivity contribution is -0.155. The van der Waals surface area contributed by atoms with Crippen LogP contribution in [0.5, 0.6) is 11.5 Å². The molecule has 0 amide bonds. The molecule has 24 heavy (non-hydrogen) atoms. The lowest BCUT2D eigenvalue weighted by Crippen LogP contribution is -2.34. The van der Waals surface area contributed by atoms with Gasteiger partial charge in [-0.15, -0.1) is 0 Å². The van der Waals surface area contributed by atoms with Crippen LogP contribution in [0.15, 0.2) is 30.4 Å². The summed E-state index contributed by atoms with van der Waals surface area (Å²) < 4.78 is 18.0. The smallest absolute Gasteiger partial charge is 0.333 e. The fourth-order valence-corrected chi connectivity index (χ4v) is 3.56. The van der Waals surface area contributed by atoms with E-state index in [0.29, 0.717) is 5.57 Å². The molecule has 4 heteroatoms. The van der Waals surface area contributed by atoms with E-state index in [2.05, 4.69) is 13.5 Å². The average Bonchev–Trinajstić information content (AvgIpc) is 3.12. The first kappa shape index (κ1) is 16.9. The van der Waals surface area contributed by atoms with Crippen molar-refractivity contribution in [3.63, 3.8) is 0 Å². The van der Waals surface area contributed by atoms with E-state index in [1.54, 1.807) is 6.92 Å². The molecule has 1 aliphatic carbocycles. The third-order valence-corrected chi connectivity index (χ3v) is 4.91. The normalized spacial score (nSPS) is 20.0. The lowest BCUT2D eigenvalue weighted by atomic mass is 9.90. The summed E-state index contributed by atoms with van der Waals surface area (Å²) >= 11 is 0. The minimum atomic E-state index is -0.700. The van der Waals surface area contributed by atoms with Gasteiger partial charge in [-0.05, 0) is 50.8 Å². The van der Waals surface area contributed by atoms with E-state index < -0.39 is 11.4 Å². The monoisotopic (exact) mass is 330 g/mol. The Balaban J connectivity index is 1.88. The highest BCUT2D eigenvalue weighted by atomic mass is 16.7. The van der Waals surface area contributed by atoms with Crippen molar-refractivity contribution in [2.75, 3.05) is 0 Å². The second kappa shape index (κ2) is 6.15. The molecule has 0 aromatic heterocycles. The van der Waals surface area contributed by atoms with Crippen molar-refractivity contribution >= 4 is 5.97 Å². The van der Waals surface area contributed by atoms with Crippen LogP contribution in [0.25, 0.3) is 0 Å². The van der Waals surface area contributed by atoms with Crippen molar-refractivity contribution in [3.8, 4) is 11.5 Å². The predicted molar refractivity (Wildman–Crippen MR) is 92.1 cm³/mol. The molecule has 1 aromatic rings. The number of carbonyl (C=O) groups is 1. The number of esters is 1. The Bertz CT molecular complexity index is 658.